The summed E-state index contributed by atoms with van der Waals surface area (Å²) in [5, 5.41) is 9.75. The summed E-state index contributed by atoms with van der Waals surface area (Å²) < 4.78 is 21.6. The molecule has 0 bridgehead atoms. The minimum Gasteiger partial charge on any atom is -0.493 e. The number of hydrogen-bond acceptors (Lipinski definition) is 5. The van der Waals surface area contributed by atoms with Crippen LogP contribution in [-0.2, 0) is 11.2 Å². The van der Waals surface area contributed by atoms with Crippen LogP contribution in [0.25, 0.3) is 0 Å². The van der Waals surface area contributed by atoms with Crippen LogP contribution in [0.1, 0.15) is 30.4 Å². The maximum atomic E-state index is 11.9. The van der Waals surface area contributed by atoms with Crippen molar-refractivity contribution in [2.45, 2.75) is 25.7 Å². The van der Waals surface area contributed by atoms with E-state index in [0.29, 0.717) is 41.6 Å². The molecule has 0 fully saturated rings. The molecule has 0 aliphatic rings. The number of carbonyl (C=O) groups is 1. The quantitative estimate of drug-likeness (QED) is 0.680. The molecular weight excluding hydrogens is 348 g/mol. The zero-order valence-corrected chi connectivity index (χ0v) is 16.2. The molecule has 2 aromatic carbocycles. The Morgan fingerprint density at radius 2 is 1.56 bits per heavy atom. The van der Waals surface area contributed by atoms with Crippen molar-refractivity contribution in [1.82, 2.24) is 0 Å². The van der Waals surface area contributed by atoms with Gasteiger partial charge in [0.25, 0.3) is 0 Å². The number of methoxy groups -OCH3 is 3. The zero-order valence-electron chi connectivity index (χ0n) is 16.2. The maximum absolute atomic E-state index is 11.9. The van der Waals surface area contributed by atoms with Crippen LogP contribution in [0.4, 0.5) is 0 Å². The number of rotatable bonds is 10. The van der Waals surface area contributed by atoms with E-state index < -0.39 is 11.9 Å². The third-order valence-electron chi connectivity index (χ3n) is 4.24. The summed E-state index contributed by atoms with van der Waals surface area (Å²) in [4.78, 5) is 11.9. The Hall–Kier alpha value is -2.89. The van der Waals surface area contributed by atoms with E-state index in [4.69, 9.17) is 18.9 Å². The number of carboxylic acid groups (broad SMARTS) is 1. The summed E-state index contributed by atoms with van der Waals surface area (Å²) in [6, 6.07) is 10.7. The van der Waals surface area contributed by atoms with Crippen molar-refractivity contribution in [2.24, 2.45) is 0 Å². The second-order valence-corrected chi connectivity index (χ2v) is 6.04. The molecule has 0 heterocycles. The van der Waals surface area contributed by atoms with E-state index in [-0.39, 0.29) is 0 Å². The molecule has 1 unspecified atom stereocenters. The van der Waals surface area contributed by atoms with Gasteiger partial charge in [-0.3, -0.25) is 4.79 Å². The molecule has 27 heavy (non-hydrogen) atoms. The predicted octanol–water partition coefficient (Wildman–Crippen LogP) is 3.91. The molecule has 6 heteroatoms. The third kappa shape index (κ3) is 5.06. The van der Waals surface area contributed by atoms with Crippen LogP contribution in [0.3, 0.4) is 0 Å². The Balaban J connectivity index is 2.30. The van der Waals surface area contributed by atoms with Gasteiger partial charge in [-0.05, 0) is 48.2 Å². The summed E-state index contributed by atoms with van der Waals surface area (Å²) in [6.45, 7) is 2.63. The molecule has 0 spiro atoms. The number of hydrogen-bond donors (Lipinski definition) is 1. The van der Waals surface area contributed by atoms with Crippen LogP contribution in [0.5, 0.6) is 23.0 Å². The number of ether oxygens (including phenoxy) is 4. The SMILES string of the molecule is CCCOc1ccc(CC(C(=O)O)c2ccc(OC)c(OC)c2)cc1OC. The summed E-state index contributed by atoms with van der Waals surface area (Å²) in [6.07, 6.45) is 1.21. The highest BCUT2D eigenvalue weighted by Gasteiger charge is 2.22. The van der Waals surface area contributed by atoms with E-state index in [1.807, 2.05) is 25.1 Å². The Kier molecular flexibility index (Phi) is 7.34. The van der Waals surface area contributed by atoms with Crippen molar-refractivity contribution in [3.8, 4) is 23.0 Å². The zero-order chi connectivity index (χ0) is 19.8. The molecule has 0 saturated carbocycles. The van der Waals surface area contributed by atoms with Crippen LogP contribution in [0.15, 0.2) is 36.4 Å². The second kappa shape index (κ2) is 9.71. The number of aliphatic carboxylic acids is 1. The molecule has 6 nitrogen and oxygen atoms in total. The van der Waals surface area contributed by atoms with Crippen LogP contribution in [0, 0.1) is 0 Å². The monoisotopic (exact) mass is 374 g/mol. The highest BCUT2D eigenvalue weighted by atomic mass is 16.5. The Labute approximate surface area is 159 Å². The van der Waals surface area contributed by atoms with E-state index in [2.05, 4.69) is 0 Å². The standard InChI is InChI=1S/C21H26O6/c1-5-10-27-18-8-6-14(12-19(18)25-3)11-16(21(22)23)15-7-9-17(24-2)20(13-15)26-4/h6-9,12-13,16H,5,10-11H2,1-4H3,(H,22,23). The van der Waals surface area contributed by atoms with Crippen LogP contribution in [0.2, 0.25) is 0 Å². The lowest BCUT2D eigenvalue weighted by atomic mass is 9.91. The third-order valence-corrected chi connectivity index (χ3v) is 4.24. The molecule has 0 saturated heterocycles. The average Bonchev–Trinajstić information content (AvgIpc) is 2.69. The fourth-order valence-corrected chi connectivity index (χ4v) is 2.82. The first-order valence-electron chi connectivity index (χ1n) is 8.78. The molecule has 1 N–H and O–H groups in total. The molecule has 0 radical (unpaired) electrons. The molecule has 146 valence electrons. The van der Waals surface area contributed by atoms with Crippen LogP contribution >= 0.6 is 0 Å². The minimum atomic E-state index is -0.910. The normalized spacial score (nSPS) is 11.6. The largest absolute Gasteiger partial charge is 0.493 e. The van der Waals surface area contributed by atoms with Crippen molar-refractivity contribution < 1.29 is 28.8 Å². The van der Waals surface area contributed by atoms with Gasteiger partial charge in [0.05, 0.1) is 33.9 Å². The molecule has 1 atom stereocenters. The molecule has 0 amide bonds. The maximum Gasteiger partial charge on any atom is 0.311 e. The van der Waals surface area contributed by atoms with Gasteiger partial charge < -0.3 is 24.1 Å². The molecule has 2 aromatic rings. The molecule has 2 rings (SSSR count). The minimum absolute atomic E-state index is 0.315. The van der Waals surface area contributed by atoms with Gasteiger partial charge in [0.15, 0.2) is 23.0 Å². The molecule has 0 aromatic heterocycles. The van der Waals surface area contributed by atoms with Gasteiger partial charge in [-0.1, -0.05) is 19.1 Å². The topological polar surface area (TPSA) is 74.2 Å². The van der Waals surface area contributed by atoms with E-state index in [1.165, 1.54) is 7.11 Å². The first kappa shape index (κ1) is 20.4. The smallest absolute Gasteiger partial charge is 0.311 e. The van der Waals surface area contributed by atoms with Gasteiger partial charge in [0.2, 0.25) is 0 Å². The summed E-state index contributed by atoms with van der Waals surface area (Å²) >= 11 is 0. The molecule has 0 aliphatic heterocycles. The van der Waals surface area contributed by atoms with Crippen LogP contribution < -0.4 is 18.9 Å². The van der Waals surface area contributed by atoms with Crippen molar-refractivity contribution in [1.29, 1.82) is 0 Å². The second-order valence-electron chi connectivity index (χ2n) is 6.04. The van der Waals surface area contributed by atoms with Gasteiger partial charge in [-0.25, -0.2) is 0 Å². The van der Waals surface area contributed by atoms with Gasteiger partial charge >= 0.3 is 5.97 Å². The highest BCUT2D eigenvalue weighted by Crippen LogP contribution is 2.34. The highest BCUT2D eigenvalue weighted by molar-refractivity contribution is 5.77. The Morgan fingerprint density at radius 1 is 0.926 bits per heavy atom. The predicted molar refractivity (Wildman–Crippen MR) is 102 cm³/mol. The molecular formula is C21H26O6. The van der Waals surface area contributed by atoms with Crippen LogP contribution in [-0.4, -0.2) is 39.0 Å². The fourth-order valence-electron chi connectivity index (χ4n) is 2.82. The average molecular weight is 374 g/mol. The van der Waals surface area contributed by atoms with Crippen molar-refractivity contribution in [2.75, 3.05) is 27.9 Å². The molecule has 0 aliphatic carbocycles. The first-order valence-corrected chi connectivity index (χ1v) is 8.78. The number of benzene rings is 2. The van der Waals surface area contributed by atoms with Crippen molar-refractivity contribution in [3.63, 3.8) is 0 Å². The van der Waals surface area contributed by atoms with E-state index >= 15 is 0 Å². The lowest BCUT2D eigenvalue weighted by Gasteiger charge is -2.17. The van der Waals surface area contributed by atoms with Gasteiger partial charge in [0, 0.05) is 0 Å². The fraction of sp³-hybridized carbons (Fsp3) is 0.381. The summed E-state index contributed by atoms with van der Waals surface area (Å²) in [7, 11) is 4.64. The lowest BCUT2D eigenvalue weighted by molar-refractivity contribution is -0.138. The van der Waals surface area contributed by atoms with E-state index in [0.717, 1.165) is 12.0 Å². The van der Waals surface area contributed by atoms with Gasteiger partial charge in [-0.2, -0.15) is 0 Å². The van der Waals surface area contributed by atoms with E-state index in [1.54, 1.807) is 32.4 Å². The van der Waals surface area contributed by atoms with Crippen molar-refractivity contribution >= 4 is 5.97 Å². The summed E-state index contributed by atoms with van der Waals surface area (Å²) in [5.41, 5.74) is 1.49. The van der Waals surface area contributed by atoms with Crippen molar-refractivity contribution in [3.05, 3.63) is 47.5 Å². The number of carboxylic acids is 1. The van der Waals surface area contributed by atoms with E-state index in [9.17, 15) is 9.90 Å². The summed E-state index contributed by atoms with van der Waals surface area (Å²) in [5.74, 6) is 0.675. The Morgan fingerprint density at radius 3 is 2.15 bits per heavy atom. The lowest BCUT2D eigenvalue weighted by Crippen LogP contribution is -2.15. The van der Waals surface area contributed by atoms with Gasteiger partial charge in [-0.15, -0.1) is 0 Å². The van der Waals surface area contributed by atoms with Gasteiger partial charge in [0.1, 0.15) is 0 Å². The first-order chi connectivity index (χ1) is 13.0. The Bertz CT molecular complexity index is 771.